The number of urea groups is 1. The Labute approximate surface area is 242 Å². The molecular weight excluding hydrogens is 575 g/mol. The lowest BCUT2D eigenvalue weighted by Crippen LogP contribution is -2.61. The summed E-state index contributed by atoms with van der Waals surface area (Å²) >= 11 is 0. The first kappa shape index (κ1) is 29.7. The van der Waals surface area contributed by atoms with Gasteiger partial charge in [0.2, 0.25) is 5.91 Å². The van der Waals surface area contributed by atoms with Crippen molar-refractivity contribution in [1.29, 1.82) is 0 Å². The number of fused-ring (bicyclic) bond motifs is 1. The first-order chi connectivity index (χ1) is 20.3. The van der Waals surface area contributed by atoms with Gasteiger partial charge in [-0.25, -0.2) is 18.4 Å². The maximum absolute atomic E-state index is 14.9. The molecular formula is C26H26BF2N5O9. The SMILES string of the molecule is NC1(CN2CCN(C(=O)N[C@H](C(=O)N[C@H]3Cc4cccc(C(=O)O)c4OB3O)c3c(F)cc(O)cc3F)C(=O)C2=O)CC1. The molecule has 2 atom stereocenters. The highest BCUT2D eigenvalue weighted by molar-refractivity contribution is 6.47. The van der Waals surface area contributed by atoms with Crippen LogP contribution in [0, 0.1) is 11.6 Å². The number of nitrogens with one attached hydrogen (secondary N) is 2. The number of aromatic hydroxyl groups is 1. The fourth-order valence-electron chi connectivity index (χ4n) is 5.02. The van der Waals surface area contributed by atoms with Crippen molar-refractivity contribution in [3.63, 3.8) is 0 Å². The zero-order chi connectivity index (χ0) is 31.2. The molecule has 14 nitrogen and oxygen atoms in total. The van der Waals surface area contributed by atoms with Crippen molar-refractivity contribution in [2.75, 3.05) is 19.6 Å². The molecule has 0 unspecified atom stereocenters. The predicted octanol–water partition coefficient (Wildman–Crippen LogP) is -0.579. The maximum Gasteiger partial charge on any atom is 0.547 e. The van der Waals surface area contributed by atoms with E-state index in [1.165, 1.54) is 23.1 Å². The van der Waals surface area contributed by atoms with E-state index in [1.54, 1.807) is 0 Å². The number of piperazine rings is 1. The van der Waals surface area contributed by atoms with E-state index < -0.39 is 77.3 Å². The van der Waals surface area contributed by atoms with Crippen molar-refractivity contribution in [3.8, 4) is 11.5 Å². The van der Waals surface area contributed by atoms with Gasteiger partial charge in [-0.2, -0.15) is 0 Å². The van der Waals surface area contributed by atoms with Gasteiger partial charge in [-0.05, 0) is 30.9 Å². The Hall–Kier alpha value is -4.77. The molecule has 5 rings (SSSR count). The number of benzene rings is 2. The van der Waals surface area contributed by atoms with Gasteiger partial charge in [0.15, 0.2) is 0 Å². The van der Waals surface area contributed by atoms with Gasteiger partial charge in [-0.15, -0.1) is 0 Å². The second-order valence-corrected chi connectivity index (χ2v) is 10.7. The van der Waals surface area contributed by atoms with Crippen molar-refractivity contribution in [2.24, 2.45) is 5.73 Å². The lowest BCUT2D eigenvalue weighted by Gasteiger charge is -2.35. The normalized spacial score (nSPS) is 19.7. The molecule has 0 bridgehead atoms. The van der Waals surface area contributed by atoms with E-state index in [1.807, 2.05) is 0 Å². The number of carboxylic acids is 1. The van der Waals surface area contributed by atoms with Crippen LogP contribution in [-0.2, 0) is 20.8 Å². The zero-order valence-corrected chi connectivity index (χ0v) is 22.4. The molecule has 2 fully saturated rings. The third-order valence-corrected chi connectivity index (χ3v) is 7.51. The summed E-state index contributed by atoms with van der Waals surface area (Å²) < 4.78 is 35.2. The van der Waals surface area contributed by atoms with Crippen LogP contribution in [0.25, 0.3) is 0 Å². The summed E-state index contributed by atoms with van der Waals surface area (Å²) in [6.45, 7) is -0.233. The molecule has 226 valence electrons. The molecule has 5 amide bonds. The molecule has 2 aromatic carbocycles. The van der Waals surface area contributed by atoms with Gasteiger partial charge < -0.3 is 41.2 Å². The van der Waals surface area contributed by atoms with Gasteiger partial charge in [-0.1, -0.05) is 12.1 Å². The number of phenols is 1. The van der Waals surface area contributed by atoms with E-state index in [4.69, 9.17) is 10.4 Å². The Kier molecular flexibility index (Phi) is 7.70. The van der Waals surface area contributed by atoms with E-state index in [9.17, 15) is 48.0 Å². The topological polar surface area (TPSA) is 212 Å². The molecule has 0 aromatic heterocycles. The van der Waals surface area contributed by atoms with Crippen LogP contribution in [0.15, 0.2) is 30.3 Å². The van der Waals surface area contributed by atoms with Crippen molar-refractivity contribution in [1.82, 2.24) is 20.4 Å². The summed E-state index contributed by atoms with van der Waals surface area (Å²) in [5.41, 5.74) is 4.49. The highest BCUT2D eigenvalue weighted by Gasteiger charge is 2.46. The fraction of sp³-hybridized carbons (Fsp3) is 0.346. The largest absolute Gasteiger partial charge is 0.547 e. The minimum atomic E-state index is -2.16. The predicted molar refractivity (Wildman–Crippen MR) is 141 cm³/mol. The summed E-state index contributed by atoms with van der Waals surface area (Å²) in [5.74, 6) is -9.86. The van der Waals surface area contributed by atoms with Gasteiger partial charge in [0.1, 0.15) is 29.2 Å². The summed E-state index contributed by atoms with van der Waals surface area (Å²) in [7, 11) is -1.80. The number of para-hydroxylation sites is 1. The van der Waals surface area contributed by atoms with Crippen molar-refractivity contribution in [3.05, 3.63) is 58.7 Å². The fourth-order valence-corrected chi connectivity index (χ4v) is 5.02. The number of rotatable bonds is 7. The van der Waals surface area contributed by atoms with Crippen LogP contribution in [0.2, 0.25) is 0 Å². The second kappa shape index (κ2) is 11.1. The van der Waals surface area contributed by atoms with Gasteiger partial charge >= 0.3 is 30.9 Å². The first-order valence-corrected chi connectivity index (χ1v) is 13.2. The van der Waals surface area contributed by atoms with Gasteiger partial charge in [0, 0.05) is 37.3 Å². The molecule has 2 aromatic rings. The maximum atomic E-state index is 14.9. The second-order valence-electron chi connectivity index (χ2n) is 10.7. The Balaban J connectivity index is 1.37. The van der Waals surface area contributed by atoms with E-state index in [0.29, 0.717) is 35.4 Å². The van der Waals surface area contributed by atoms with Crippen LogP contribution >= 0.6 is 0 Å². The molecule has 43 heavy (non-hydrogen) atoms. The number of imide groups is 1. The Morgan fingerprint density at radius 1 is 1.14 bits per heavy atom. The van der Waals surface area contributed by atoms with Crippen LogP contribution in [0.1, 0.15) is 40.4 Å². The van der Waals surface area contributed by atoms with E-state index in [2.05, 4.69) is 10.6 Å². The smallest absolute Gasteiger partial charge is 0.534 e. The summed E-state index contributed by atoms with van der Waals surface area (Å²) in [6, 6.07) is 1.69. The number of carbonyl (C=O) groups is 5. The molecule has 1 saturated heterocycles. The monoisotopic (exact) mass is 601 g/mol. The molecule has 3 aliphatic rings. The number of hydrogen-bond donors (Lipinski definition) is 6. The van der Waals surface area contributed by atoms with Gasteiger partial charge in [0.05, 0.1) is 17.1 Å². The minimum absolute atomic E-state index is 0.0565. The summed E-state index contributed by atoms with van der Waals surface area (Å²) in [5, 5.41) is 33.9. The first-order valence-electron chi connectivity index (χ1n) is 13.2. The highest BCUT2D eigenvalue weighted by atomic mass is 19.1. The molecule has 7 N–H and O–H groups in total. The van der Waals surface area contributed by atoms with Crippen molar-refractivity contribution < 1.29 is 52.6 Å². The van der Waals surface area contributed by atoms with E-state index in [-0.39, 0.29) is 37.4 Å². The highest BCUT2D eigenvalue weighted by Crippen LogP contribution is 2.34. The number of hydrogen-bond acceptors (Lipinski definition) is 9. The number of nitrogens with zero attached hydrogens (tertiary/aromatic N) is 2. The molecule has 0 spiro atoms. The average Bonchev–Trinajstić information content (AvgIpc) is 3.66. The number of halogens is 2. The summed E-state index contributed by atoms with van der Waals surface area (Å²) in [4.78, 5) is 65.2. The lowest BCUT2D eigenvalue weighted by molar-refractivity contribution is -0.154. The lowest BCUT2D eigenvalue weighted by atomic mass is 9.72. The molecule has 1 aliphatic carbocycles. The van der Waals surface area contributed by atoms with Crippen molar-refractivity contribution in [2.45, 2.75) is 36.8 Å². The zero-order valence-electron chi connectivity index (χ0n) is 22.4. The number of carbonyl (C=O) groups excluding carboxylic acids is 4. The quantitative estimate of drug-likeness (QED) is 0.176. The molecule has 2 heterocycles. The van der Waals surface area contributed by atoms with E-state index in [0.717, 1.165) is 0 Å². The van der Waals surface area contributed by atoms with Crippen LogP contribution in [0.5, 0.6) is 11.5 Å². The van der Waals surface area contributed by atoms with Gasteiger partial charge in [0.25, 0.3) is 0 Å². The molecule has 0 radical (unpaired) electrons. The van der Waals surface area contributed by atoms with Crippen molar-refractivity contribution >= 4 is 36.8 Å². The number of nitrogens with two attached hydrogens (primary N) is 1. The number of phenolic OH excluding ortho intramolecular Hbond substituents is 1. The number of aromatic carboxylic acids is 1. The number of carboxylic acid groups (broad SMARTS) is 1. The van der Waals surface area contributed by atoms with Gasteiger partial charge in [-0.3, -0.25) is 19.3 Å². The minimum Gasteiger partial charge on any atom is -0.534 e. The average molecular weight is 601 g/mol. The van der Waals surface area contributed by atoms with Crippen LogP contribution in [0.4, 0.5) is 13.6 Å². The molecule has 17 heteroatoms. The standard InChI is InChI=1S/C26H26BF2N5O9/c28-15-9-13(35)10-16(29)18(15)19(32-25(41)34-7-6-33(22(37)23(34)38)11-26(30)4-5-26)21(36)31-17-8-12-2-1-3-14(24(39)40)20(12)43-27(17)42/h1-3,9-10,17,19,35,42H,4-8,11,30H2,(H,31,36)(H,32,41)(H,39,40)/t17-,19-/m0/s1. The van der Waals surface area contributed by atoms with E-state index >= 15 is 0 Å². The van der Waals surface area contributed by atoms with Crippen LogP contribution in [0.3, 0.4) is 0 Å². The molecule has 1 saturated carbocycles. The van der Waals surface area contributed by atoms with Crippen LogP contribution in [-0.4, -0.2) is 93.0 Å². The third-order valence-electron chi connectivity index (χ3n) is 7.51. The molecule has 2 aliphatic heterocycles. The Morgan fingerprint density at radius 3 is 2.44 bits per heavy atom. The summed E-state index contributed by atoms with van der Waals surface area (Å²) in [6.07, 6.45) is 1.17. The third kappa shape index (κ3) is 5.94. The number of amides is 5. The Bertz CT molecular complexity index is 1520. The van der Waals surface area contributed by atoms with Crippen LogP contribution < -0.4 is 21.0 Å². The Morgan fingerprint density at radius 2 is 1.81 bits per heavy atom.